The first-order valence-corrected chi connectivity index (χ1v) is 11.6. The van der Waals surface area contributed by atoms with E-state index in [9.17, 15) is 13.6 Å². The van der Waals surface area contributed by atoms with Crippen molar-refractivity contribution in [3.05, 3.63) is 106 Å². The van der Waals surface area contributed by atoms with Crippen molar-refractivity contribution in [2.24, 2.45) is 0 Å². The lowest BCUT2D eigenvalue weighted by atomic mass is 10.1. The highest BCUT2D eigenvalue weighted by molar-refractivity contribution is 5.96. The average molecular weight is 479 g/mol. The molecule has 1 heterocycles. The smallest absolute Gasteiger partial charge is 0.251 e. The van der Waals surface area contributed by atoms with Crippen LogP contribution in [-0.2, 0) is 6.54 Å². The third kappa shape index (κ3) is 7.60. The van der Waals surface area contributed by atoms with Crippen molar-refractivity contribution in [3.63, 3.8) is 0 Å². The molecule has 3 aromatic rings. The molecule has 4 nitrogen and oxygen atoms in total. The summed E-state index contributed by atoms with van der Waals surface area (Å²) >= 11 is 0. The molecule has 184 valence electrons. The molecule has 0 radical (unpaired) electrons. The molecule has 0 atom stereocenters. The SMILES string of the molecule is C/C=C\C(=C(C)C)c1cc(Oc2cccc(C(=O)NCc3cc(F)cc(F)c3)c2C)ccn1.CC. The standard InChI is InChI=1S/C27H26F2N2O2.C2H6/c1-5-7-23(17(2)3)25-15-22(10-11-30-25)33-26-9-6-8-24(18(26)4)27(32)31-16-19-12-20(28)14-21(29)13-19;1-2/h5-15H,16H2,1-4H3,(H,31,32);1-2H3/b7-5-;. The number of aromatic nitrogens is 1. The number of rotatable bonds is 7. The number of nitrogens with zero attached hydrogens (tertiary/aromatic N) is 1. The van der Waals surface area contributed by atoms with Crippen LogP contribution >= 0.6 is 0 Å². The Kier molecular flexibility index (Phi) is 10.3. The topological polar surface area (TPSA) is 51.2 Å². The summed E-state index contributed by atoms with van der Waals surface area (Å²) in [5, 5.41) is 2.70. The summed E-state index contributed by atoms with van der Waals surface area (Å²) in [5.74, 6) is -0.611. The Balaban J connectivity index is 0.00000210. The Hall–Kier alpha value is -3.80. The van der Waals surface area contributed by atoms with Gasteiger partial charge in [0.1, 0.15) is 23.1 Å². The second-order valence-corrected chi connectivity index (χ2v) is 7.78. The van der Waals surface area contributed by atoms with Crippen LogP contribution in [0.4, 0.5) is 8.78 Å². The van der Waals surface area contributed by atoms with Crippen molar-refractivity contribution in [2.45, 2.75) is 48.1 Å². The van der Waals surface area contributed by atoms with Crippen LogP contribution in [0.3, 0.4) is 0 Å². The number of hydrogen-bond acceptors (Lipinski definition) is 3. The van der Waals surface area contributed by atoms with Gasteiger partial charge in [-0.2, -0.15) is 0 Å². The molecule has 0 aliphatic carbocycles. The van der Waals surface area contributed by atoms with Crippen LogP contribution in [-0.4, -0.2) is 10.9 Å². The first-order valence-electron chi connectivity index (χ1n) is 11.6. The van der Waals surface area contributed by atoms with Crippen molar-refractivity contribution in [2.75, 3.05) is 0 Å². The molecule has 0 aliphatic heterocycles. The maximum absolute atomic E-state index is 13.4. The summed E-state index contributed by atoms with van der Waals surface area (Å²) in [7, 11) is 0. The average Bonchev–Trinajstić information content (AvgIpc) is 2.83. The van der Waals surface area contributed by atoms with E-state index in [1.54, 1.807) is 37.4 Å². The molecule has 0 fully saturated rings. The number of ether oxygens (including phenoxy) is 1. The highest BCUT2D eigenvalue weighted by Crippen LogP contribution is 2.29. The van der Waals surface area contributed by atoms with Gasteiger partial charge in [0.05, 0.1) is 5.69 Å². The minimum absolute atomic E-state index is 0.00216. The lowest BCUT2D eigenvalue weighted by Crippen LogP contribution is -2.23. The zero-order valence-corrected chi connectivity index (χ0v) is 21.1. The Morgan fingerprint density at radius 2 is 1.74 bits per heavy atom. The summed E-state index contributed by atoms with van der Waals surface area (Å²) < 4.78 is 32.8. The van der Waals surface area contributed by atoms with Gasteiger partial charge in [-0.15, -0.1) is 0 Å². The van der Waals surface area contributed by atoms with Crippen molar-refractivity contribution in [3.8, 4) is 11.5 Å². The zero-order chi connectivity index (χ0) is 26.0. The molecule has 0 saturated carbocycles. The van der Waals surface area contributed by atoms with Gasteiger partial charge in [-0.1, -0.05) is 37.6 Å². The van der Waals surface area contributed by atoms with Gasteiger partial charge in [0.15, 0.2) is 0 Å². The molecule has 0 unspecified atom stereocenters. The van der Waals surface area contributed by atoms with Gasteiger partial charge in [-0.25, -0.2) is 8.78 Å². The van der Waals surface area contributed by atoms with Crippen molar-refractivity contribution < 1.29 is 18.3 Å². The quantitative estimate of drug-likeness (QED) is 0.353. The second-order valence-electron chi connectivity index (χ2n) is 7.78. The fourth-order valence-corrected chi connectivity index (χ4v) is 3.39. The van der Waals surface area contributed by atoms with Crippen molar-refractivity contribution in [1.29, 1.82) is 0 Å². The molecule has 35 heavy (non-hydrogen) atoms. The lowest BCUT2D eigenvalue weighted by molar-refractivity contribution is 0.0950. The normalized spacial score (nSPS) is 10.4. The number of nitrogens with one attached hydrogen (secondary N) is 1. The summed E-state index contributed by atoms with van der Waals surface area (Å²) in [6.45, 7) is 11.8. The molecule has 1 aromatic heterocycles. The van der Waals surface area contributed by atoms with Gasteiger partial charge in [-0.05, 0) is 69.2 Å². The highest BCUT2D eigenvalue weighted by atomic mass is 19.1. The first kappa shape index (κ1) is 27.4. The number of hydrogen-bond donors (Lipinski definition) is 1. The Morgan fingerprint density at radius 3 is 2.37 bits per heavy atom. The molecule has 0 spiro atoms. The first-order chi connectivity index (χ1) is 16.8. The molecular formula is C29H32F2N2O2. The van der Waals surface area contributed by atoms with Crippen LogP contribution in [0.1, 0.15) is 61.8 Å². The predicted molar refractivity (Wildman–Crippen MR) is 137 cm³/mol. The Labute approximate surface area is 206 Å². The molecule has 3 rings (SSSR count). The maximum Gasteiger partial charge on any atom is 0.251 e. The van der Waals surface area contributed by atoms with Gasteiger partial charge in [0.2, 0.25) is 0 Å². The van der Waals surface area contributed by atoms with E-state index >= 15 is 0 Å². The van der Waals surface area contributed by atoms with Crippen LogP contribution in [0.25, 0.3) is 5.57 Å². The fourth-order valence-electron chi connectivity index (χ4n) is 3.39. The molecule has 1 N–H and O–H groups in total. The maximum atomic E-state index is 13.4. The molecule has 1 amide bonds. The van der Waals surface area contributed by atoms with E-state index in [0.717, 1.165) is 22.9 Å². The molecular weight excluding hydrogens is 446 g/mol. The monoisotopic (exact) mass is 478 g/mol. The van der Waals surface area contributed by atoms with Crippen LogP contribution in [0, 0.1) is 18.6 Å². The largest absolute Gasteiger partial charge is 0.457 e. The van der Waals surface area contributed by atoms with E-state index in [0.29, 0.717) is 28.2 Å². The van der Waals surface area contributed by atoms with Gasteiger partial charge in [0, 0.05) is 36.0 Å². The summed E-state index contributed by atoms with van der Waals surface area (Å²) in [5.41, 5.74) is 4.34. The van der Waals surface area contributed by atoms with Crippen LogP contribution < -0.4 is 10.1 Å². The van der Waals surface area contributed by atoms with E-state index in [2.05, 4.69) is 10.3 Å². The number of benzene rings is 2. The minimum Gasteiger partial charge on any atom is -0.457 e. The fraction of sp³-hybridized carbons (Fsp3) is 0.241. The molecule has 6 heteroatoms. The van der Waals surface area contributed by atoms with Crippen LogP contribution in [0.5, 0.6) is 11.5 Å². The third-order valence-electron chi connectivity index (χ3n) is 5.01. The molecule has 0 bridgehead atoms. The zero-order valence-electron chi connectivity index (χ0n) is 21.1. The van der Waals surface area contributed by atoms with E-state index in [1.807, 2.05) is 52.8 Å². The molecule has 0 aliphatic rings. The highest BCUT2D eigenvalue weighted by Gasteiger charge is 2.14. The summed E-state index contributed by atoms with van der Waals surface area (Å²) in [6.07, 6.45) is 5.64. The van der Waals surface area contributed by atoms with Gasteiger partial charge in [0.25, 0.3) is 5.91 Å². The number of halogens is 2. The number of pyridine rings is 1. The van der Waals surface area contributed by atoms with E-state index < -0.39 is 11.6 Å². The van der Waals surface area contributed by atoms with Gasteiger partial charge >= 0.3 is 0 Å². The van der Waals surface area contributed by atoms with Crippen LogP contribution in [0.15, 0.2) is 72.5 Å². The Morgan fingerprint density at radius 1 is 1.06 bits per heavy atom. The number of amides is 1. The number of allylic oxidation sites excluding steroid dienone is 4. The summed E-state index contributed by atoms with van der Waals surface area (Å²) in [4.78, 5) is 17.2. The second kappa shape index (κ2) is 13.2. The molecule has 0 saturated heterocycles. The van der Waals surface area contributed by atoms with Crippen molar-refractivity contribution >= 4 is 11.5 Å². The number of carbonyl (C=O) groups is 1. The van der Waals surface area contributed by atoms with Gasteiger partial charge < -0.3 is 10.1 Å². The predicted octanol–water partition coefficient (Wildman–Crippen LogP) is 7.79. The Bertz CT molecular complexity index is 1210. The lowest BCUT2D eigenvalue weighted by Gasteiger charge is -2.14. The van der Waals surface area contributed by atoms with E-state index in [4.69, 9.17) is 4.74 Å². The summed E-state index contributed by atoms with van der Waals surface area (Å²) in [6, 6.07) is 12.0. The third-order valence-corrected chi connectivity index (χ3v) is 5.01. The van der Waals surface area contributed by atoms with Gasteiger partial charge in [-0.3, -0.25) is 9.78 Å². The van der Waals surface area contributed by atoms with Crippen LogP contribution in [0.2, 0.25) is 0 Å². The van der Waals surface area contributed by atoms with E-state index in [-0.39, 0.29) is 12.5 Å². The van der Waals surface area contributed by atoms with Crippen molar-refractivity contribution in [1.82, 2.24) is 10.3 Å². The minimum atomic E-state index is -0.687. The number of carbonyl (C=O) groups excluding carboxylic acids is 1. The van der Waals surface area contributed by atoms with E-state index in [1.165, 1.54) is 12.1 Å². The molecule has 2 aromatic carbocycles.